The van der Waals surface area contributed by atoms with Crippen molar-refractivity contribution in [3.63, 3.8) is 0 Å². The van der Waals surface area contributed by atoms with Gasteiger partial charge in [-0.25, -0.2) is 4.79 Å². The van der Waals surface area contributed by atoms with E-state index in [4.69, 9.17) is 14.6 Å². The maximum absolute atomic E-state index is 13.4. The van der Waals surface area contributed by atoms with E-state index >= 15 is 0 Å². The summed E-state index contributed by atoms with van der Waals surface area (Å²) in [6.45, 7) is 2.50. The summed E-state index contributed by atoms with van der Waals surface area (Å²) in [7, 11) is 1.58. The summed E-state index contributed by atoms with van der Waals surface area (Å²) in [5, 5.41) is 15.1. The smallest absolute Gasteiger partial charge is 0.335 e. The van der Waals surface area contributed by atoms with Crippen molar-refractivity contribution in [2.75, 3.05) is 12.1 Å². The molecule has 1 amide bonds. The summed E-state index contributed by atoms with van der Waals surface area (Å²) in [4.78, 5) is 24.5. The molecule has 0 bridgehead atoms. The Labute approximate surface area is 210 Å². The maximum atomic E-state index is 13.4. The summed E-state index contributed by atoms with van der Waals surface area (Å²) >= 11 is 0. The number of nitrogens with zero attached hydrogens (tertiary/aromatic N) is 2. The number of hydrogen-bond acceptors (Lipinski definition) is 5. The van der Waals surface area contributed by atoms with Crippen LogP contribution < -0.4 is 14.5 Å². The molecule has 1 aliphatic rings. The van der Waals surface area contributed by atoms with Crippen molar-refractivity contribution in [3.8, 4) is 11.5 Å². The SMILES string of the molecule is CCCCC1=NN(c2ccc(C(=O)O)cc2)C(=O)/C1=C\c1ccc(OCc2ccccc2)c(OC)c1. The number of carbonyl (C=O) groups is 2. The van der Waals surface area contributed by atoms with Gasteiger partial charge in [0.05, 0.1) is 29.6 Å². The first kappa shape index (κ1) is 24.7. The van der Waals surface area contributed by atoms with Crippen molar-refractivity contribution in [1.29, 1.82) is 0 Å². The Balaban J connectivity index is 1.59. The zero-order chi connectivity index (χ0) is 25.5. The number of amides is 1. The lowest BCUT2D eigenvalue weighted by molar-refractivity contribution is -0.114. The lowest BCUT2D eigenvalue weighted by Gasteiger charge is -2.12. The van der Waals surface area contributed by atoms with Crippen LogP contribution in [0.3, 0.4) is 0 Å². The Morgan fingerprint density at radius 3 is 2.44 bits per heavy atom. The van der Waals surface area contributed by atoms with Crippen LogP contribution in [-0.4, -0.2) is 29.8 Å². The van der Waals surface area contributed by atoms with Crippen molar-refractivity contribution in [1.82, 2.24) is 0 Å². The highest BCUT2D eigenvalue weighted by Gasteiger charge is 2.30. The lowest BCUT2D eigenvalue weighted by Crippen LogP contribution is -2.21. The van der Waals surface area contributed by atoms with E-state index in [2.05, 4.69) is 12.0 Å². The second kappa shape index (κ2) is 11.4. The van der Waals surface area contributed by atoms with Crippen LogP contribution in [0.2, 0.25) is 0 Å². The van der Waals surface area contributed by atoms with Gasteiger partial charge in [-0.3, -0.25) is 4.79 Å². The highest BCUT2D eigenvalue weighted by atomic mass is 16.5. The quantitative estimate of drug-likeness (QED) is 0.359. The molecule has 0 aromatic heterocycles. The molecule has 184 valence electrons. The van der Waals surface area contributed by atoms with Crippen LogP contribution in [0.1, 0.15) is 47.7 Å². The minimum atomic E-state index is -1.02. The number of carboxylic acid groups (broad SMARTS) is 1. The maximum Gasteiger partial charge on any atom is 0.335 e. The Bertz CT molecular complexity index is 1300. The first-order valence-corrected chi connectivity index (χ1v) is 11.8. The molecule has 0 unspecified atom stereocenters. The topological polar surface area (TPSA) is 88.4 Å². The van der Waals surface area contributed by atoms with Gasteiger partial charge >= 0.3 is 5.97 Å². The number of methoxy groups -OCH3 is 1. The second-order valence-electron chi connectivity index (χ2n) is 8.36. The molecule has 3 aromatic carbocycles. The number of anilines is 1. The van der Waals surface area contributed by atoms with Gasteiger partial charge in [0.25, 0.3) is 5.91 Å². The summed E-state index contributed by atoms with van der Waals surface area (Å²) < 4.78 is 11.5. The molecule has 4 rings (SSSR count). The zero-order valence-electron chi connectivity index (χ0n) is 20.3. The number of hydrazone groups is 1. The van der Waals surface area contributed by atoms with Gasteiger partial charge in [0.15, 0.2) is 11.5 Å². The predicted molar refractivity (Wildman–Crippen MR) is 140 cm³/mol. The Morgan fingerprint density at radius 2 is 1.78 bits per heavy atom. The van der Waals surface area contributed by atoms with Crippen LogP contribution in [0.25, 0.3) is 6.08 Å². The van der Waals surface area contributed by atoms with Crippen molar-refractivity contribution in [3.05, 3.63) is 95.1 Å². The van der Waals surface area contributed by atoms with E-state index in [1.165, 1.54) is 17.1 Å². The Hall–Kier alpha value is -4.39. The molecule has 0 fully saturated rings. The van der Waals surface area contributed by atoms with E-state index in [9.17, 15) is 9.59 Å². The molecule has 7 nitrogen and oxygen atoms in total. The predicted octanol–water partition coefficient (Wildman–Crippen LogP) is 5.95. The minimum absolute atomic E-state index is 0.151. The molecular formula is C29H28N2O5. The summed E-state index contributed by atoms with van der Waals surface area (Å²) in [5.74, 6) is -0.0973. The molecule has 0 atom stereocenters. The molecular weight excluding hydrogens is 456 g/mol. The minimum Gasteiger partial charge on any atom is -0.493 e. The number of carbonyl (C=O) groups excluding carboxylic acids is 1. The molecule has 1 N–H and O–H groups in total. The van der Waals surface area contributed by atoms with Crippen LogP contribution in [0.15, 0.2) is 83.5 Å². The molecule has 7 heteroatoms. The summed E-state index contributed by atoms with van der Waals surface area (Å²) in [6.07, 6.45) is 4.33. The Kier molecular flexibility index (Phi) is 7.80. The van der Waals surface area contributed by atoms with Crippen molar-refractivity contribution in [2.24, 2.45) is 5.10 Å². The molecule has 3 aromatic rings. The highest BCUT2D eigenvalue weighted by molar-refractivity contribution is 6.32. The van der Waals surface area contributed by atoms with E-state index in [0.29, 0.717) is 41.5 Å². The molecule has 0 saturated heterocycles. The fourth-order valence-corrected chi connectivity index (χ4v) is 3.85. The van der Waals surface area contributed by atoms with Crippen LogP contribution in [0.5, 0.6) is 11.5 Å². The van der Waals surface area contributed by atoms with Crippen molar-refractivity contribution in [2.45, 2.75) is 32.8 Å². The third-order valence-corrected chi connectivity index (χ3v) is 5.82. The van der Waals surface area contributed by atoms with E-state index in [0.717, 1.165) is 24.0 Å². The number of benzene rings is 3. The molecule has 36 heavy (non-hydrogen) atoms. The first-order valence-electron chi connectivity index (χ1n) is 11.8. The van der Waals surface area contributed by atoms with Gasteiger partial charge in [-0.1, -0.05) is 49.7 Å². The molecule has 0 radical (unpaired) electrons. The standard InChI is InChI=1S/C29H28N2O5/c1-3-4-10-25-24(28(32)31(30-25)23-14-12-22(13-15-23)29(33)34)17-21-11-16-26(27(18-21)35-2)36-19-20-8-6-5-7-9-20/h5-9,11-18H,3-4,10,19H2,1-2H3,(H,33,34)/b24-17-. The fourth-order valence-electron chi connectivity index (χ4n) is 3.85. The van der Waals surface area contributed by atoms with Crippen LogP contribution in [0.4, 0.5) is 5.69 Å². The molecule has 0 aliphatic carbocycles. The van der Waals surface area contributed by atoms with E-state index in [-0.39, 0.29) is 11.5 Å². The van der Waals surface area contributed by atoms with Gasteiger partial charge in [-0.15, -0.1) is 0 Å². The third kappa shape index (κ3) is 5.63. The van der Waals surface area contributed by atoms with Gasteiger partial charge in [0.2, 0.25) is 0 Å². The molecule has 0 saturated carbocycles. The number of hydrogen-bond donors (Lipinski definition) is 1. The zero-order valence-corrected chi connectivity index (χ0v) is 20.3. The third-order valence-electron chi connectivity index (χ3n) is 5.82. The van der Waals surface area contributed by atoms with Gasteiger partial charge in [0.1, 0.15) is 6.61 Å². The van der Waals surface area contributed by atoms with Crippen LogP contribution in [-0.2, 0) is 11.4 Å². The number of unbranched alkanes of at least 4 members (excludes halogenated alkanes) is 1. The highest BCUT2D eigenvalue weighted by Crippen LogP contribution is 2.32. The van der Waals surface area contributed by atoms with Crippen LogP contribution >= 0.6 is 0 Å². The number of rotatable bonds is 10. The fraction of sp³-hybridized carbons (Fsp3) is 0.207. The largest absolute Gasteiger partial charge is 0.493 e. The number of aromatic carboxylic acids is 1. The van der Waals surface area contributed by atoms with E-state index in [1.807, 2.05) is 54.6 Å². The average molecular weight is 485 g/mol. The van der Waals surface area contributed by atoms with Gasteiger partial charge in [0, 0.05) is 0 Å². The first-order chi connectivity index (χ1) is 17.5. The van der Waals surface area contributed by atoms with E-state index < -0.39 is 5.97 Å². The van der Waals surface area contributed by atoms with Gasteiger partial charge in [-0.2, -0.15) is 10.1 Å². The molecule has 0 spiro atoms. The van der Waals surface area contributed by atoms with Crippen molar-refractivity contribution < 1.29 is 24.2 Å². The molecule has 1 heterocycles. The van der Waals surface area contributed by atoms with Crippen LogP contribution in [0, 0.1) is 0 Å². The number of ether oxygens (including phenoxy) is 2. The van der Waals surface area contributed by atoms with Crippen molar-refractivity contribution >= 4 is 29.4 Å². The second-order valence-corrected chi connectivity index (χ2v) is 8.36. The Morgan fingerprint density at radius 1 is 1.03 bits per heavy atom. The van der Waals surface area contributed by atoms with Gasteiger partial charge in [-0.05, 0) is 66.4 Å². The number of carboxylic acids is 1. The summed E-state index contributed by atoms with van der Waals surface area (Å²) in [5.41, 5.74) is 3.71. The summed E-state index contributed by atoms with van der Waals surface area (Å²) in [6, 6.07) is 21.5. The lowest BCUT2D eigenvalue weighted by atomic mass is 10.0. The van der Waals surface area contributed by atoms with Gasteiger partial charge < -0.3 is 14.6 Å². The monoisotopic (exact) mass is 484 g/mol. The normalized spacial score (nSPS) is 14.2. The molecule has 1 aliphatic heterocycles. The van der Waals surface area contributed by atoms with E-state index in [1.54, 1.807) is 19.2 Å². The average Bonchev–Trinajstić information content (AvgIpc) is 3.21.